The maximum absolute atomic E-state index is 12.4. The number of nitrogens with zero attached hydrogens (tertiary/aromatic N) is 2. The number of hydrogen-bond donors (Lipinski definition) is 4. The minimum absolute atomic E-state index is 0.00190. The van der Waals surface area contributed by atoms with E-state index in [4.69, 9.17) is 4.74 Å². The van der Waals surface area contributed by atoms with Crippen molar-refractivity contribution in [2.75, 3.05) is 10.6 Å². The Morgan fingerprint density at radius 1 is 0.974 bits per heavy atom. The zero-order chi connectivity index (χ0) is 28.3. The second kappa shape index (κ2) is 10.6. The Bertz CT molecular complexity index is 1620. The quantitative estimate of drug-likeness (QED) is 0.260. The number of alkyl halides is 3. The van der Waals surface area contributed by atoms with Crippen molar-refractivity contribution >= 4 is 17.4 Å². The van der Waals surface area contributed by atoms with Gasteiger partial charge in [-0.1, -0.05) is 0 Å². The van der Waals surface area contributed by atoms with Gasteiger partial charge in [-0.15, -0.1) is 13.2 Å². The largest absolute Gasteiger partial charge is 0.573 e. The number of benzene rings is 3. The summed E-state index contributed by atoms with van der Waals surface area (Å²) in [6.07, 6.45) is -3.86. The molecule has 14 heteroatoms. The van der Waals surface area contributed by atoms with Gasteiger partial charge in [0.15, 0.2) is 0 Å². The number of halogens is 3. The molecule has 202 valence electrons. The van der Waals surface area contributed by atoms with Gasteiger partial charge in [0.05, 0.1) is 11.4 Å². The molecule has 4 rings (SSSR count). The fraction of sp³-hybridized carbons (Fsp3) is 0.120. The first-order valence-electron chi connectivity index (χ1n) is 11.1. The van der Waals surface area contributed by atoms with Gasteiger partial charge < -0.3 is 25.2 Å². The number of nitrogens with one attached hydrogen (secondary N) is 3. The number of hydrogen-bond acceptors (Lipinski definition) is 7. The lowest BCUT2D eigenvalue weighted by Crippen LogP contribution is -2.30. The third-order valence-electron chi connectivity index (χ3n) is 5.18. The van der Waals surface area contributed by atoms with Gasteiger partial charge in [0.1, 0.15) is 29.2 Å². The molecular weight excluding hydrogens is 523 g/mol. The Hall–Kier alpha value is -5.27. The lowest BCUT2D eigenvalue weighted by Gasteiger charge is -2.16. The molecule has 0 unspecified atom stereocenters. The summed E-state index contributed by atoms with van der Waals surface area (Å²) in [5.41, 5.74) is 0.513. The van der Waals surface area contributed by atoms with E-state index in [1.54, 1.807) is 26.0 Å². The van der Waals surface area contributed by atoms with Crippen LogP contribution in [0.1, 0.15) is 11.1 Å². The fourth-order valence-electron chi connectivity index (χ4n) is 3.57. The molecule has 0 radical (unpaired) electrons. The van der Waals surface area contributed by atoms with Crippen LogP contribution in [-0.4, -0.2) is 32.3 Å². The van der Waals surface area contributed by atoms with E-state index in [1.807, 2.05) is 0 Å². The van der Waals surface area contributed by atoms with E-state index in [2.05, 4.69) is 25.5 Å². The van der Waals surface area contributed by atoms with Crippen molar-refractivity contribution in [2.45, 2.75) is 20.2 Å². The minimum atomic E-state index is -4.84. The van der Waals surface area contributed by atoms with Crippen molar-refractivity contribution in [3.63, 3.8) is 0 Å². The van der Waals surface area contributed by atoms with Crippen molar-refractivity contribution in [2.24, 2.45) is 0 Å². The van der Waals surface area contributed by atoms with Crippen LogP contribution in [0.15, 0.2) is 70.4 Å². The van der Waals surface area contributed by atoms with Gasteiger partial charge in [-0.2, -0.15) is 9.78 Å². The molecule has 1 heterocycles. The number of amides is 2. The molecule has 0 bridgehead atoms. The molecule has 0 aliphatic carbocycles. The van der Waals surface area contributed by atoms with E-state index in [9.17, 15) is 32.7 Å². The number of ether oxygens (including phenoxy) is 2. The van der Waals surface area contributed by atoms with E-state index in [-0.39, 0.29) is 22.9 Å². The summed E-state index contributed by atoms with van der Waals surface area (Å²) < 4.78 is 47.7. The molecule has 3 aromatic carbocycles. The first kappa shape index (κ1) is 26.8. The van der Waals surface area contributed by atoms with Crippen molar-refractivity contribution in [3.8, 4) is 28.7 Å². The molecule has 0 aliphatic rings. The topological polar surface area (TPSA) is 148 Å². The van der Waals surface area contributed by atoms with Crippen LogP contribution in [0, 0.1) is 13.8 Å². The maximum Gasteiger partial charge on any atom is 0.573 e. The predicted octanol–water partition coefficient (Wildman–Crippen LogP) is 4.58. The van der Waals surface area contributed by atoms with Crippen molar-refractivity contribution in [1.82, 2.24) is 14.8 Å². The van der Waals surface area contributed by atoms with Crippen LogP contribution < -0.4 is 31.4 Å². The number of H-pyrrole nitrogens is 1. The third-order valence-corrected chi connectivity index (χ3v) is 5.18. The van der Waals surface area contributed by atoms with Crippen LogP contribution in [0.25, 0.3) is 5.69 Å². The number of rotatable bonds is 6. The normalized spacial score (nSPS) is 11.1. The van der Waals surface area contributed by atoms with Gasteiger partial charge in [0.25, 0.3) is 5.56 Å². The van der Waals surface area contributed by atoms with Gasteiger partial charge in [0.2, 0.25) is 0 Å². The number of phenolic OH excluding ortho intramolecular Hbond substituents is 1. The lowest BCUT2D eigenvalue weighted by atomic mass is 10.1. The van der Waals surface area contributed by atoms with E-state index >= 15 is 0 Å². The second-order valence-electron chi connectivity index (χ2n) is 8.19. The van der Waals surface area contributed by atoms with Gasteiger partial charge in [-0.3, -0.25) is 9.78 Å². The van der Waals surface area contributed by atoms with Crippen molar-refractivity contribution in [1.29, 1.82) is 0 Å². The first-order valence-corrected chi connectivity index (χ1v) is 11.1. The Kier molecular flexibility index (Phi) is 7.29. The van der Waals surface area contributed by atoms with E-state index in [0.29, 0.717) is 22.6 Å². The number of aromatic hydroxyl groups is 1. The standard InChI is InChI=1S/C25H20F3N5O6/c1-13-9-16(33-24(37)32-21(35)12-29-33)10-14(2)22(13)38-18-7-8-20(34)19(11-18)31-23(36)30-15-3-5-17(6-4-15)39-25(26,27)28/h3-12,34H,1-2H3,(H2,30,31,36)(H,32,35,37). The second-order valence-corrected chi connectivity index (χ2v) is 8.19. The Morgan fingerprint density at radius 3 is 2.23 bits per heavy atom. The average molecular weight is 543 g/mol. The molecule has 4 aromatic rings. The molecule has 0 fully saturated rings. The number of carbonyl (C=O) groups is 1. The Morgan fingerprint density at radius 2 is 1.62 bits per heavy atom. The van der Waals surface area contributed by atoms with Crippen LogP contribution in [0.5, 0.6) is 23.0 Å². The number of aromatic amines is 1. The van der Waals surface area contributed by atoms with Crippen LogP contribution in [0.3, 0.4) is 0 Å². The highest BCUT2D eigenvalue weighted by Gasteiger charge is 2.31. The van der Waals surface area contributed by atoms with E-state index < -0.39 is 29.4 Å². The predicted molar refractivity (Wildman–Crippen MR) is 134 cm³/mol. The molecule has 4 N–H and O–H groups in total. The molecule has 0 saturated heterocycles. The Labute approximate surface area is 217 Å². The SMILES string of the molecule is Cc1cc(-n2ncc(=O)[nH]c2=O)cc(C)c1Oc1ccc(O)c(NC(=O)Nc2ccc(OC(F)(F)F)cc2)c1. The summed E-state index contributed by atoms with van der Waals surface area (Å²) in [4.78, 5) is 37.9. The fourth-order valence-corrected chi connectivity index (χ4v) is 3.57. The summed E-state index contributed by atoms with van der Waals surface area (Å²) in [7, 11) is 0. The summed E-state index contributed by atoms with van der Waals surface area (Å²) in [5.74, 6) is -0.0103. The van der Waals surface area contributed by atoms with Gasteiger partial charge in [-0.05, 0) is 73.5 Å². The molecular formula is C25H20F3N5O6. The van der Waals surface area contributed by atoms with Crippen molar-refractivity contribution < 1.29 is 32.5 Å². The van der Waals surface area contributed by atoms with Crippen LogP contribution in [0.2, 0.25) is 0 Å². The van der Waals surface area contributed by atoms with E-state index in [0.717, 1.165) is 23.0 Å². The highest BCUT2D eigenvalue weighted by molar-refractivity contribution is 6.00. The summed E-state index contributed by atoms with van der Waals surface area (Å²) >= 11 is 0. The highest BCUT2D eigenvalue weighted by Crippen LogP contribution is 2.34. The maximum atomic E-state index is 12.4. The van der Waals surface area contributed by atoms with Gasteiger partial charge in [-0.25, -0.2) is 9.59 Å². The molecule has 0 aliphatic heterocycles. The average Bonchev–Trinajstić information content (AvgIpc) is 2.83. The molecule has 1 aromatic heterocycles. The zero-order valence-electron chi connectivity index (χ0n) is 20.3. The smallest absolute Gasteiger partial charge is 0.506 e. The monoisotopic (exact) mass is 543 g/mol. The third kappa shape index (κ3) is 6.74. The molecule has 11 nitrogen and oxygen atoms in total. The summed E-state index contributed by atoms with van der Waals surface area (Å²) in [6, 6.07) is 11.1. The number of carbonyl (C=O) groups excluding carboxylic acids is 1. The number of phenols is 1. The van der Waals surface area contributed by atoms with Gasteiger partial charge >= 0.3 is 18.1 Å². The lowest BCUT2D eigenvalue weighted by molar-refractivity contribution is -0.274. The molecule has 0 spiro atoms. The van der Waals surface area contributed by atoms with Gasteiger partial charge in [0, 0.05) is 11.8 Å². The first-order chi connectivity index (χ1) is 18.4. The molecule has 39 heavy (non-hydrogen) atoms. The van der Waals surface area contributed by atoms with Crippen LogP contribution in [0.4, 0.5) is 29.3 Å². The molecule has 0 atom stereocenters. The summed E-state index contributed by atoms with van der Waals surface area (Å²) in [5, 5.41) is 18.9. The number of anilines is 2. The Balaban J connectivity index is 1.48. The number of urea groups is 1. The molecule has 0 saturated carbocycles. The number of aromatic nitrogens is 3. The molecule has 2 amide bonds. The van der Waals surface area contributed by atoms with Crippen LogP contribution in [-0.2, 0) is 0 Å². The number of aryl methyl sites for hydroxylation is 2. The highest BCUT2D eigenvalue weighted by atomic mass is 19.4. The minimum Gasteiger partial charge on any atom is -0.506 e. The van der Waals surface area contributed by atoms with Crippen molar-refractivity contribution in [3.05, 3.63) is 92.8 Å². The van der Waals surface area contributed by atoms with Crippen LogP contribution >= 0.6 is 0 Å². The zero-order valence-corrected chi connectivity index (χ0v) is 20.3. The van der Waals surface area contributed by atoms with E-state index in [1.165, 1.54) is 30.3 Å². The summed E-state index contributed by atoms with van der Waals surface area (Å²) in [6.45, 7) is 3.47.